The highest BCUT2D eigenvalue weighted by atomic mass is 16.2. The molecule has 0 saturated heterocycles. The van der Waals surface area contributed by atoms with Crippen LogP contribution < -0.4 is 5.69 Å². The number of aromatic amines is 1. The first-order chi connectivity index (χ1) is 18.1. The molecule has 5 rings (SSSR count). The van der Waals surface area contributed by atoms with Gasteiger partial charge in [0.1, 0.15) is 0 Å². The lowest BCUT2D eigenvalue weighted by Crippen LogP contribution is -2.27. The summed E-state index contributed by atoms with van der Waals surface area (Å²) in [7, 11) is 0. The molecule has 190 valence electrons. The summed E-state index contributed by atoms with van der Waals surface area (Å²) in [6.07, 6.45) is 7.24. The zero-order chi connectivity index (χ0) is 25.8. The van der Waals surface area contributed by atoms with E-state index in [0.717, 1.165) is 53.8 Å². The summed E-state index contributed by atoms with van der Waals surface area (Å²) in [5, 5.41) is 26.4. The SMILES string of the molecule is CCCCc1cn(-c2nnnn2C(C)CC)c(=O)n1Cc1cc(-c2cccc(-c3nn[nH]n3)c2)ccn1. The number of hydrogen-bond donors (Lipinski definition) is 1. The van der Waals surface area contributed by atoms with E-state index in [4.69, 9.17) is 0 Å². The Morgan fingerprint density at radius 2 is 1.89 bits per heavy atom. The molecule has 0 fully saturated rings. The van der Waals surface area contributed by atoms with Crippen LogP contribution in [0.2, 0.25) is 0 Å². The van der Waals surface area contributed by atoms with Gasteiger partial charge in [0.2, 0.25) is 5.82 Å². The van der Waals surface area contributed by atoms with Crippen LogP contribution >= 0.6 is 0 Å². The Kier molecular flexibility index (Phi) is 6.97. The van der Waals surface area contributed by atoms with Crippen molar-refractivity contribution in [3.8, 4) is 28.5 Å². The van der Waals surface area contributed by atoms with E-state index in [1.807, 2.05) is 49.5 Å². The Labute approximate surface area is 213 Å². The lowest BCUT2D eigenvalue weighted by molar-refractivity contribution is 0.456. The molecular formula is C25H29N11O. The van der Waals surface area contributed by atoms with Crippen LogP contribution in [0, 0.1) is 0 Å². The normalized spacial score (nSPS) is 12.2. The van der Waals surface area contributed by atoms with Gasteiger partial charge >= 0.3 is 5.69 Å². The number of aryl methyl sites for hydroxylation is 1. The summed E-state index contributed by atoms with van der Waals surface area (Å²) < 4.78 is 5.02. The van der Waals surface area contributed by atoms with Gasteiger partial charge in [0.05, 0.1) is 18.3 Å². The van der Waals surface area contributed by atoms with Crippen LogP contribution in [0.1, 0.15) is 57.5 Å². The Balaban J connectivity index is 1.50. The van der Waals surface area contributed by atoms with Gasteiger partial charge in [0.15, 0.2) is 0 Å². The molecule has 1 N–H and O–H groups in total. The second-order valence-corrected chi connectivity index (χ2v) is 9.00. The third kappa shape index (κ3) is 4.95. The second kappa shape index (κ2) is 10.6. The maximum absolute atomic E-state index is 13.6. The van der Waals surface area contributed by atoms with Gasteiger partial charge in [-0.25, -0.2) is 14.0 Å². The van der Waals surface area contributed by atoms with E-state index in [9.17, 15) is 4.79 Å². The third-order valence-corrected chi connectivity index (χ3v) is 6.48. The Bertz CT molecular complexity index is 1530. The fraction of sp³-hybridized carbons (Fsp3) is 0.360. The summed E-state index contributed by atoms with van der Waals surface area (Å²) in [6, 6.07) is 11.9. The predicted octanol–water partition coefficient (Wildman–Crippen LogP) is 3.23. The molecule has 12 heteroatoms. The van der Waals surface area contributed by atoms with Gasteiger partial charge in [-0.2, -0.15) is 5.21 Å². The standard InChI is InChI=1S/C25H29N11O/c1-4-6-10-22-16-35(24-29-32-33-36(24)17(3)5-2)25(37)34(22)15-21-14-19(11-12-26-21)18-8-7-9-20(13-18)23-27-30-31-28-23/h7-9,11-14,16-17H,4-6,10,15H2,1-3H3,(H,27,28,30,31). The first-order valence-electron chi connectivity index (χ1n) is 12.5. The zero-order valence-electron chi connectivity index (χ0n) is 21.1. The Morgan fingerprint density at radius 3 is 2.68 bits per heavy atom. The summed E-state index contributed by atoms with van der Waals surface area (Å²) >= 11 is 0. The highest BCUT2D eigenvalue weighted by molar-refractivity contribution is 5.70. The fourth-order valence-corrected chi connectivity index (χ4v) is 4.23. The number of benzene rings is 1. The van der Waals surface area contributed by atoms with Crippen LogP contribution in [-0.2, 0) is 13.0 Å². The topological polar surface area (TPSA) is 138 Å². The monoisotopic (exact) mass is 499 g/mol. The lowest BCUT2D eigenvalue weighted by Gasteiger charge is -2.10. The predicted molar refractivity (Wildman–Crippen MR) is 137 cm³/mol. The quantitative estimate of drug-likeness (QED) is 0.309. The zero-order valence-corrected chi connectivity index (χ0v) is 21.1. The van der Waals surface area contributed by atoms with Gasteiger partial charge in [-0.3, -0.25) is 9.55 Å². The molecule has 0 aliphatic rings. The molecule has 1 aromatic carbocycles. The smallest absolute Gasteiger partial charge is 0.290 e. The van der Waals surface area contributed by atoms with Crippen LogP contribution in [0.5, 0.6) is 0 Å². The largest absolute Gasteiger partial charge is 0.335 e. The molecule has 0 spiro atoms. The second-order valence-electron chi connectivity index (χ2n) is 9.00. The van der Waals surface area contributed by atoms with Gasteiger partial charge in [0, 0.05) is 23.7 Å². The molecule has 0 aliphatic carbocycles. The molecule has 0 amide bonds. The number of rotatable bonds is 10. The Hall–Kier alpha value is -4.48. The van der Waals surface area contributed by atoms with Gasteiger partial charge < -0.3 is 0 Å². The van der Waals surface area contributed by atoms with Gasteiger partial charge in [-0.1, -0.05) is 43.6 Å². The third-order valence-electron chi connectivity index (χ3n) is 6.48. The number of imidazole rings is 1. The van der Waals surface area contributed by atoms with Crippen LogP contribution in [0.25, 0.3) is 28.5 Å². The van der Waals surface area contributed by atoms with Crippen molar-refractivity contribution >= 4 is 0 Å². The highest BCUT2D eigenvalue weighted by Crippen LogP contribution is 2.25. The van der Waals surface area contributed by atoms with E-state index in [0.29, 0.717) is 18.3 Å². The highest BCUT2D eigenvalue weighted by Gasteiger charge is 2.20. The average molecular weight is 500 g/mol. The van der Waals surface area contributed by atoms with E-state index >= 15 is 0 Å². The number of tetrazole rings is 2. The van der Waals surface area contributed by atoms with Crippen molar-refractivity contribution < 1.29 is 0 Å². The van der Waals surface area contributed by atoms with E-state index in [2.05, 4.69) is 55.0 Å². The van der Waals surface area contributed by atoms with Crippen molar-refractivity contribution in [1.82, 2.24) is 54.9 Å². The molecule has 0 saturated carbocycles. The number of nitrogens with zero attached hydrogens (tertiary/aromatic N) is 10. The Morgan fingerprint density at radius 1 is 1.05 bits per heavy atom. The number of hydrogen-bond acceptors (Lipinski definition) is 8. The van der Waals surface area contributed by atoms with Gasteiger partial charge in [-0.15, -0.1) is 10.2 Å². The van der Waals surface area contributed by atoms with Gasteiger partial charge in [0.25, 0.3) is 5.95 Å². The molecule has 0 bridgehead atoms. The average Bonchev–Trinajstić information content (AvgIpc) is 3.69. The maximum atomic E-state index is 13.6. The molecule has 1 atom stereocenters. The first-order valence-corrected chi connectivity index (χ1v) is 12.5. The first kappa shape index (κ1) is 24.2. The van der Waals surface area contributed by atoms with Crippen molar-refractivity contribution in [2.45, 2.75) is 59.0 Å². The van der Waals surface area contributed by atoms with E-state index in [1.54, 1.807) is 20.0 Å². The number of H-pyrrole nitrogens is 1. The molecule has 0 aliphatic heterocycles. The van der Waals surface area contributed by atoms with Crippen molar-refractivity contribution in [2.75, 3.05) is 0 Å². The molecule has 12 nitrogen and oxygen atoms in total. The van der Waals surface area contributed by atoms with E-state index in [-0.39, 0.29) is 11.7 Å². The molecule has 4 heterocycles. The minimum atomic E-state index is -0.184. The molecular weight excluding hydrogens is 470 g/mol. The molecule has 1 unspecified atom stereocenters. The van der Waals surface area contributed by atoms with Crippen LogP contribution in [0.15, 0.2) is 53.6 Å². The van der Waals surface area contributed by atoms with Crippen LogP contribution in [-0.4, -0.2) is 54.9 Å². The van der Waals surface area contributed by atoms with Crippen molar-refractivity contribution in [2.24, 2.45) is 0 Å². The van der Waals surface area contributed by atoms with E-state index in [1.165, 1.54) is 0 Å². The minimum absolute atomic E-state index is 0.0703. The van der Waals surface area contributed by atoms with Crippen molar-refractivity contribution in [1.29, 1.82) is 0 Å². The number of nitrogens with one attached hydrogen (secondary N) is 1. The molecule has 37 heavy (non-hydrogen) atoms. The summed E-state index contributed by atoms with van der Waals surface area (Å²) in [4.78, 5) is 18.2. The van der Waals surface area contributed by atoms with Crippen molar-refractivity contribution in [3.05, 3.63) is 70.7 Å². The van der Waals surface area contributed by atoms with Crippen LogP contribution in [0.4, 0.5) is 0 Å². The lowest BCUT2D eigenvalue weighted by atomic mass is 10.0. The fourth-order valence-electron chi connectivity index (χ4n) is 4.23. The van der Waals surface area contributed by atoms with Crippen molar-refractivity contribution in [3.63, 3.8) is 0 Å². The van der Waals surface area contributed by atoms with Gasteiger partial charge in [-0.05, 0) is 71.2 Å². The minimum Gasteiger partial charge on any atom is -0.290 e. The molecule has 0 radical (unpaired) electrons. The summed E-state index contributed by atoms with van der Waals surface area (Å²) in [6.45, 7) is 6.57. The van der Waals surface area contributed by atoms with E-state index < -0.39 is 0 Å². The van der Waals surface area contributed by atoms with Crippen LogP contribution in [0.3, 0.4) is 0 Å². The summed E-state index contributed by atoms with van der Waals surface area (Å²) in [5.41, 5.74) is 4.36. The number of pyridine rings is 1. The molecule has 5 aromatic rings. The molecule has 4 aromatic heterocycles. The summed E-state index contributed by atoms with van der Waals surface area (Å²) in [5.74, 6) is 0.958. The number of unbranched alkanes of at least 4 members (excludes halogenated alkanes) is 1. The number of aromatic nitrogens is 11. The maximum Gasteiger partial charge on any atom is 0.335 e.